The minimum atomic E-state index is -0.257. The van der Waals surface area contributed by atoms with Gasteiger partial charge in [-0.05, 0) is 35.4 Å². The number of aryl methyl sites for hydroxylation is 1. The second kappa shape index (κ2) is 8.64. The van der Waals surface area contributed by atoms with E-state index < -0.39 is 0 Å². The summed E-state index contributed by atoms with van der Waals surface area (Å²) in [5.41, 5.74) is 1.92. The summed E-state index contributed by atoms with van der Waals surface area (Å²) in [6.45, 7) is 2.40. The highest BCUT2D eigenvalue weighted by Gasteiger charge is 2.14. The molecule has 3 aromatic heterocycles. The van der Waals surface area contributed by atoms with Crippen molar-refractivity contribution >= 4 is 33.4 Å². The Kier molecular flexibility index (Phi) is 5.55. The van der Waals surface area contributed by atoms with Crippen LogP contribution in [0.15, 0.2) is 63.1 Å². The minimum absolute atomic E-state index is 0.0608. The average Bonchev–Trinajstić information content (AvgIpc) is 3.51. The zero-order chi connectivity index (χ0) is 22.1. The third kappa shape index (κ3) is 4.06. The number of nitrogens with one attached hydrogen (secondary N) is 1. The minimum Gasteiger partial charge on any atom is -0.494 e. The predicted molar refractivity (Wildman–Crippen MR) is 127 cm³/mol. The number of thiazole rings is 1. The summed E-state index contributed by atoms with van der Waals surface area (Å²) < 4.78 is 11.9. The number of thiophene rings is 1. The molecule has 6 nitrogen and oxygen atoms in total. The van der Waals surface area contributed by atoms with E-state index in [1.165, 1.54) is 0 Å². The van der Waals surface area contributed by atoms with Crippen LogP contribution in [0.2, 0.25) is 0 Å². The molecule has 5 rings (SSSR count). The number of fused-ring (bicyclic) bond motifs is 1. The van der Waals surface area contributed by atoms with Gasteiger partial charge in [-0.2, -0.15) is 0 Å². The summed E-state index contributed by atoms with van der Waals surface area (Å²) in [4.78, 5) is 20.0. The molecule has 3 heterocycles. The molecule has 2 aromatic carbocycles. The molecule has 0 bridgehead atoms. The monoisotopic (exact) mass is 464 g/mol. The van der Waals surface area contributed by atoms with Crippen LogP contribution in [0.1, 0.15) is 21.9 Å². The van der Waals surface area contributed by atoms with Gasteiger partial charge in [0.1, 0.15) is 11.5 Å². The number of rotatable bonds is 7. The van der Waals surface area contributed by atoms with Crippen molar-refractivity contribution in [1.29, 1.82) is 0 Å². The average molecular weight is 465 g/mol. The molecule has 0 radical (unpaired) electrons. The normalized spacial score (nSPS) is 11.3. The van der Waals surface area contributed by atoms with Crippen molar-refractivity contribution in [3.8, 4) is 22.4 Å². The molecule has 0 saturated carbocycles. The predicted octanol–water partition coefficient (Wildman–Crippen LogP) is 5.53. The van der Waals surface area contributed by atoms with Gasteiger partial charge in [0.05, 0.1) is 22.1 Å². The van der Waals surface area contributed by atoms with E-state index >= 15 is 0 Å². The molecular formula is C24H20N2O4S2. The van der Waals surface area contributed by atoms with Crippen LogP contribution in [0.5, 0.6) is 11.6 Å². The van der Waals surface area contributed by atoms with Crippen LogP contribution in [0, 0.1) is 6.92 Å². The topological polar surface area (TPSA) is 88.4 Å². The lowest BCUT2D eigenvalue weighted by Gasteiger charge is -2.12. The van der Waals surface area contributed by atoms with E-state index in [0.717, 1.165) is 49.8 Å². The fraction of sp³-hybridized carbons (Fsp3) is 0.167. The van der Waals surface area contributed by atoms with E-state index in [-0.39, 0.29) is 10.8 Å². The summed E-state index contributed by atoms with van der Waals surface area (Å²) >= 11 is 2.63. The maximum absolute atomic E-state index is 11.5. The van der Waals surface area contributed by atoms with Crippen LogP contribution in [0.4, 0.5) is 0 Å². The number of aromatic nitrogens is 2. The largest absolute Gasteiger partial charge is 0.494 e. The van der Waals surface area contributed by atoms with Crippen LogP contribution in [-0.2, 0) is 12.8 Å². The Hall–Kier alpha value is -3.36. The van der Waals surface area contributed by atoms with Gasteiger partial charge < -0.3 is 14.3 Å². The Labute approximate surface area is 191 Å². The Bertz CT molecular complexity index is 1430. The fourth-order valence-electron chi connectivity index (χ4n) is 3.68. The van der Waals surface area contributed by atoms with Crippen LogP contribution >= 0.6 is 22.7 Å². The van der Waals surface area contributed by atoms with E-state index in [9.17, 15) is 9.90 Å². The number of ether oxygens (including phenoxy) is 1. The molecule has 0 aliphatic rings. The summed E-state index contributed by atoms with van der Waals surface area (Å²) in [7, 11) is 0. The molecule has 0 spiro atoms. The molecule has 5 aromatic rings. The molecule has 0 amide bonds. The molecule has 0 saturated heterocycles. The maximum Gasteiger partial charge on any atom is 0.307 e. The fourth-order valence-corrected chi connectivity index (χ4v) is 5.08. The van der Waals surface area contributed by atoms with Crippen LogP contribution in [0.3, 0.4) is 0 Å². The highest BCUT2D eigenvalue weighted by Crippen LogP contribution is 2.32. The summed E-state index contributed by atoms with van der Waals surface area (Å²) in [6, 6.07) is 15.9. The second-order valence-electron chi connectivity index (χ2n) is 7.33. The van der Waals surface area contributed by atoms with E-state index in [2.05, 4.69) is 9.97 Å². The van der Waals surface area contributed by atoms with Gasteiger partial charge in [-0.15, -0.1) is 11.3 Å². The first-order valence-electron chi connectivity index (χ1n) is 10.1. The zero-order valence-corrected chi connectivity index (χ0v) is 18.9. The number of hydrogen-bond donors (Lipinski definition) is 2. The summed E-state index contributed by atoms with van der Waals surface area (Å²) in [5.74, 6) is 2.19. The number of aromatic amines is 1. The van der Waals surface area contributed by atoms with Crippen molar-refractivity contribution in [3.63, 3.8) is 0 Å². The number of aromatic hydroxyl groups is 1. The first-order valence-corrected chi connectivity index (χ1v) is 11.8. The molecule has 0 fully saturated rings. The van der Waals surface area contributed by atoms with Crippen LogP contribution in [0.25, 0.3) is 21.5 Å². The third-order valence-corrected chi connectivity index (χ3v) is 6.98. The standard InChI is InChI=1S/C24H20N2O4S2/c1-14-18(25-23(30-14)20-7-4-12-31-20)10-11-29-19-9-8-15(16-5-2-3-6-17(16)19)13-21-22(27)26-24(28)32-21/h2-9,12,27H,10-11,13H2,1H3,(H,26,28). The Balaban J connectivity index is 1.34. The molecule has 0 aliphatic carbocycles. The van der Waals surface area contributed by atoms with Gasteiger partial charge in [0.2, 0.25) is 11.8 Å². The Morgan fingerprint density at radius 3 is 2.72 bits per heavy atom. The van der Waals surface area contributed by atoms with Crippen molar-refractivity contribution in [2.24, 2.45) is 0 Å². The zero-order valence-electron chi connectivity index (χ0n) is 17.3. The van der Waals surface area contributed by atoms with Crippen molar-refractivity contribution in [2.75, 3.05) is 6.61 Å². The van der Waals surface area contributed by atoms with Gasteiger partial charge in [-0.25, -0.2) is 4.98 Å². The number of oxazole rings is 1. The quantitative estimate of drug-likeness (QED) is 0.330. The molecule has 162 valence electrons. The summed E-state index contributed by atoms with van der Waals surface area (Å²) in [5, 5.41) is 14.0. The third-order valence-electron chi connectivity index (χ3n) is 5.25. The molecule has 8 heteroatoms. The molecule has 32 heavy (non-hydrogen) atoms. The van der Waals surface area contributed by atoms with E-state index in [0.29, 0.717) is 30.2 Å². The number of benzene rings is 2. The number of nitrogens with zero attached hydrogens (tertiary/aromatic N) is 1. The lowest BCUT2D eigenvalue weighted by atomic mass is 10.0. The van der Waals surface area contributed by atoms with Gasteiger partial charge in [0.25, 0.3) is 0 Å². The van der Waals surface area contributed by atoms with Crippen molar-refractivity contribution < 1.29 is 14.3 Å². The molecule has 0 aliphatic heterocycles. The van der Waals surface area contributed by atoms with Crippen LogP contribution < -0.4 is 9.61 Å². The van der Waals surface area contributed by atoms with Gasteiger partial charge in [0, 0.05) is 18.2 Å². The molecule has 2 N–H and O–H groups in total. The van der Waals surface area contributed by atoms with E-state index in [4.69, 9.17) is 9.15 Å². The Morgan fingerprint density at radius 2 is 1.97 bits per heavy atom. The first kappa shape index (κ1) is 20.5. The maximum atomic E-state index is 11.5. The highest BCUT2D eigenvalue weighted by molar-refractivity contribution is 7.13. The van der Waals surface area contributed by atoms with E-state index in [1.807, 2.05) is 60.8 Å². The van der Waals surface area contributed by atoms with Crippen LogP contribution in [-0.4, -0.2) is 21.7 Å². The van der Waals surface area contributed by atoms with Gasteiger partial charge in [-0.3, -0.25) is 9.78 Å². The number of H-pyrrole nitrogens is 1. The van der Waals surface area contributed by atoms with Crippen molar-refractivity contribution in [3.05, 3.63) is 85.5 Å². The lowest BCUT2D eigenvalue weighted by molar-refractivity contribution is 0.323. The second-order valence-corrected chi connectivity index (χ2v) is 9.34. The first-order chi connectivity index (χ1) is 15.6. The van der Waals surface area contributed by atoms with Gasteiger partial charge in [-0.1, -0.05) is 47.7 Å². The highest BCUT2D eigenvalue weighted by atomic mass is 32.1. The van der Waals surface area contributed by atoms with Crippen molar-refractivity contribution in [1.82, 2.24) is 9.97 Å². The summed E-state index contributed by atoms with van der Waals surface area (Å²) in [6.07, 6.45) is 1.11. The molecule has 0 unspecified atom stereocenters. The van der Waals surface area contributed by atoms with Crippen molar-refractivity contribution in [2.45, 2.75) is 19.8 Å². The smallest absolute Gasteiger partial charge is 0.307 e. The van der Waals surface area contributed by atoms with E-state index in [1.54, 1.807) is 11.3 Å². The Morgan fingerprint density at radius 1 is 1.12 bits per heavy atom. The SMILES string of the molecule is Cc1oc(-c2cccs2)nc1CCOc1ccc(Cc2sc(=O)[nH]c2O)c2ccccc12. The lowest BCUT2D eigenvalue weighted by Crippen LogP contribution is -2.03. The van der Waals surface area contributed by atoms with Gasteiger partial charge >= 0.3 is 4.87 Å². The molecular weight excluding hydrogens is 444 g/mol. The van der Waals surface area contributed by atoms with Gasteiger partial charge in [0.15, 0.2) is 0 Å². The molecule has 0 atom stereocenters. The number of hydrogen-bond acceptors (Lipinski definition) is 7.